The Morgan fingerprint density at radius 3 is 2.38 bits per heavy atom. The molecule has 0 saturated carbocycles. The predicted molar refractivity (Wildman–Crippen MR) is 96.7 cm³/mol. The average molecular weight is 382 g/mol. The average Bonchev–Trinajstić information content (AvgIpc) is 2.56. The number of methoxy groups -OCH3 is 1. The Morgan fingerprint density at radius 1 is 1.17 bits per heavy atom. The van der Waals surface area contributed by atoms with Crippen molar-refractivity contribution in [2.75, 3.05) is 12.4 Å². The molecule has 2 rings (SSSR count). The molecule has 2 aromatic rings. The lowest BCUT2D eigenvalue weighted by Crippen LogP contribution is -2.14. The number of anilines is 1. The van der Waals surface area contributed by atoms with Crippen molar-refractivity contribution in [1.29, 1.82) is 5.26 Å². The summed E-state index contributed by atoms with van der Waals surface area (Å²) in [5.41, 5.74) is 0.713. The molecule has 24 heavy (non-hydrogen) atoms. The number of carbonyl (C=O) groups is 1. The topological polar surface area (TPSA) is 62.1 Å². The van der Waals surface area contributed by atoms with Gasteiger partial charge in [0, 0.05) is 0 Å². The van der Waals surface area contributed by atoms with Gasteiger partial charge in [0.15, 0.2) is 0 Å². The van der Waals surface area contributed by atoms with Gasteiger partial charge in [0.05, 0.1) is 27.9 Å². The first-order valence-corrected chi connectivity index (χ1v) is 7.80. The van der Waals surface area contributed by atoms with Gasteiger partial charge in [-0.25, -0.2) is 0 Å². The minimum atomic E-state index is -0.626. The number of nitriles is 1. The summed E-state index contributed by atoms with van der Waals surface area (Å²) >= 11 is 18.0. The number of carbonyl (C=O) groups excluding carboxylic acids is 1. The largest absolute Gasteiger partial charge is 0.495 e. The van der Waals surface area contributed by atoms with Gasteiger partial charge in [0.1, 0.15) is 17.4 Å². The summed E-state index contributed by atoms with van der Waals surface area (Å²) in [6, 6.07) is 11.6. The quantitative estimate of drug-likeness (QED) is 0.585. The monoisotopic (exact) mass is 380 g/mol. The Hall–Kier alpha value is -2.19. The van der Waals surface area contributed by atoms with Crippen LogP contribution in [0.25, 0.3) is 6.08 Å². The lowest BCUT2D eigenvalue weighted by atomic mass is 10.1. The van der Waals surface area contributed by atoms with Crippen molar-refractivity contribution in [3.8, 4) is 11.8 Å². The van der Waals surface area contributed by atoms with Crippen LogP contribution in [0.4, 0.5) is 5.69 Å². The zero-order chi connectivity index (χ0) is 17.7. The number of hydrogen-bond acceptors (Lipinski definition) is 3. The molecule has 0 bridgehead atoms. The molecule has 1 N–H and O–H groups in total. The number of nitrogens with zero attached hydrogens (tertiary/aromatic N) is 1. The molecular weight excluding hydrogens is 371 g/mol. The molecule has 0 saturated heterocycles. The molecule has 0 spiro atoms. The highest BCUT2D eigenvalue weighted by molar-refractivity contribution is 6.40. The molecular formula is C17H11Cl3N2O2. The van der Waals surface area contributed by atoms with Crippen molar-refractivity contribution in [3.05, 3.63) is 62.6 Å². The molecule has 4 nitrogen and oxygen atoms in total. The van der Waals surface area contributed by atoms with Crippen LogP contribution in [0.3, 0.4) is 0 Å². The van der Waals surface area contributed by atoms with Crippen molar-refractivity contribution in [1.82, 2.24) is 0 Å². The molecule has 0 heterocycles. The van der Waals surface area contributed by atoms with Crippen LogP contribution in [0.5, 0.6) is 5.75 Å². The molecule has 0 unspecified atom stereocenters. The van der Waals surface area contributed by atoms with E-state index >= 15 is 0 Å². The third kappa shape index (κ3) is 4.21. The van der Waals surface area contributed by atoms with E-state index in [1.54, 1.807) is 36.4 Å². The molecule has 0 aromatic heterocycles. The number of amides is 1. The molecule has 0 atom stereocenters. The molecule has 0 aliphatic heterocycles. The SMILES string of the molecule is COc1ccc(/C=C(\C#N)C(=O)Nc2c(Cl)cccc2Cl)cc1Cl. The first-order chi connectivity index (χ1) is 11.5. The fraction of sp³-hybridized carbons (Fsp3) is 0.0588. The number of nitrogens with one attached hydrogen (secondary N) is 1. The number of para-hydroxylation sites is 1. The standard InChI is InChI=1S/C17H11Cl3N2O2/c1-24-15-6-5-10(8-14(15)20)7-11(9-21)17(23)22-16-12(18)3-2-4-13(16)19/h2-8H,1H3,(H,22,23)/b11-7+. The van der Waals surface area contributed by atoms with Gasteiger partial charge in [0.2, 0.25) is 0 Å². The maximum Gasteiger partial charge on any atom is 0.266 e. The second-order valence-electron chi connectivity index (χ2n) is 4.61. The number of rotatable bonds is 4. The minimum Gasteiger partial charge on any atom is -0.495 e. The second kappa shape index (κ2) is 8.07. The molecule has 1 amide bonds. The van der Waals surface area contributed by atoms with Crippen molar-refractivity contribution in [3.63, 3.8) is 0 Å². The Labute approximate surface area is 154 Å². The van der Waals surface area contributed by atoms with Gasteiger partial charge >= 0.3 is 0 Å². The molecule has 7 heteroatoms. The van der Waals surface area contributed by atoms with Gasteiger partial charge in [-0.2, -0.15) is 5.26 Å². The number of ether oxygens (including phenoxy) is 1. The lowest BCUT2D eigenvalue weighted by Gasteiger charge is -2.08. The highest BCUT2D eigenvalue weighted by atomic mass is 35.5. The van der Waals surface area contributed by atoms with E-state index in [1.807, 2.05) is 6.07 Å². The van der Waals surface area contributed by atoms with Crippen LogP contribution in [-0.2, 0) is 4.79 Å². The van der Waals surface area contributed by atoms with Crippen LogP contribution in [0.1, 0.15) is 5.56 Å². The summed E-state index contributed by atoms with van der Waals surface area (Å²) in [6.07, 6.45) is 1.41. The van der Waals surface area contributed by atoms with Gasteiger partial charge in [-0.3, -0.25) is 4.79 Å². The number of halogens is 3. The zero-order valence-corrected chi connectivity index (χ0v) is 14.7. The summed E-state index contributed by atoms with van der Waals surface area (Å²) in [5.74, 6) is -0.126. The van der Waals surface area contributed by atoms with E-state index in [0.717, 1.165) is 0 Å². The smallest absolute Gasteiger partial charge is 0.266 e. The maximum absolute atomic E-state index is 12.3. The predicted octanol–water partition coefficient (Wildman–Crippen LogP) is 5.20. The molecule has 0 aliphatic carbocycles. The van der Waals surface area contributed by atoms with E-state index < -0.39 is 5.91 Å². The molecule has 0 aliphatic rings. The first-order valence-electron chi connectivity index (χ1n) is 6.67. The Balaban J connectivity index is 2.29. The van der Waals surface area contributed by atoms with E-state index in [0.29, 0.717) is 16.3 Å². The van der Waals surface area contributed by atoms with Crippen molar-refractivity contribution in [2.24, 2.45) is 0 Å². The molecule has 0 radical (unpaired) electrons. The Morgan fingerprint density at radius 2 is 1.83 bits per heavy atom. The minimum absolute atomic E-state index is 0.118. The highest BCUT2D eigenvalue weighted by Crippen LogP contribution is 2.30. The van der Waals surface area contributed by atoms with Crippen LogP contribution in [-0.4, -0.2) is 13.0 Å². The van der Waals surface area contributed by atoms with Gasteiger partial charge in [0.25, 0.3) is 5.91 Å². The van der Waals surface area contributed by atoms with Crippen LogP contribution in [0.2, 0.25) is 15.1 Å². The van der Waals surface area contributed by atoms with Crippen molar-refractivity contribution >= 4 is 52.5 Å². The van der Waals surface area contributed by atoms with Crippen LogP contribution < -0.4 is 10.1 Å². The van der Waals surface area contributed by atoms with Crippen molar-refractivity contribution in [2.45, 2.75) is 0 Å². The van der Waals surface area contributed by atoms with Gasteiger partial charge in [-0.05, 0) is 35.9 Å². The van der Waals surface area contributed by atoms with Crippen LogP contribution in [0, 0.1) is 11.3 Å². The Kier molecular flexibility index (Phi) is 6.10. The maximum atomic E-state index is 12.3. The summed E-state index contributed by atoms with van der Waals surface area (Å²) in [6.45, 7) is 0. The highest BCUT2D eigenvalue weighted by Gasteiger charge is 2.14. The summed E-state index contributed by atoms with van der Waals surface area (Å²) in [7, 11) is 1.50. The van der Waals surface area contributed by atoms with E-state index in [9.17, 15) is 10.1 Å². The van der Waals surface area contributed by atoms with E-state index in [4.69, 9.17) is 39.5 Å². The molecule has 2 aromatic carbocycles. The third-order valence-corrected chi connectivity index (χ3v) is 3.98. The normalized spacial score (nSPS) is 10.9. The third-order valence-electron chi connectivity index (χ3n) is 3.05. The Bertz CT molecular complexity index is 837. The van der Waals surface area contributed by atoms with Crippen molar-refractivity contribution < 1.29 is 9.53 Å². The van der Waals surface area contributed by atoms with E-state index in [2.05, 4.69) is 5.32 Å². The number of hydrogen-bond donors (Lipinski definition) is 1. The first kappa shape index (κ1) is 18.2. The second-order valence-corrected chi connectivity index (χ2v) is 5.84. The molecule has 122 valence electrons. The summed E-state index contributed by atoms with van der Waals surface area (Å²) < 4.78 is 5.06. The summed E-state index contributed by atoms with van der Waals surface area (Å²) in [4.78, 5) is 12.3. The van der Waals surface area contributed by atoms with E-state index in [1.165, 1.54) is 13.2 Å². The fourth-order valence-electron chi connectivity index (χ4n) is 1.89. The van der Waals surface area contributed by atoms with E-state index in [-0.39, 0.29) is 21.3 Å². The summed E-state index contributed by atoms with van der Waals surface area (Å²) in [5, 5.41) is 12.7. The zero-order valence-electron chi connectivity index (χ0n) is 12.4. The van der Waals surface area contributed by atoms with Crippen LogP contribution >= 0.6 is 34.8 Å². The van der Waals surface area contributed by atoms with Gasteiger partial charge in [-0.15, -0.1) is 0 Å². The van der Waals surface area contributed by atoms with Gasteiger partial charge in [-0.1, -0.05) is 46.9 Å². The fourth-order valence-corrected chi connectivity index (χ4v) is 2.64. The lowest BCUT2D eigenvalue weighted by molar-refractivity contribution is -0.112. The van der Waals surface area contributed by atoms with Gasteiger partial charge < -0.3 is 10.1 Å². The molecule has 0 fully saturated rings. The number of benzene rings is 2. The van der Waals surface area contributed by atoms with Crippen LogP contribution in [0.15, 0.2) is 42.0 Å².